The summed E-state index contributed by atoms with van der Waals surface area (Å²) in [5.74, 6) is 1.61. The maximum absolute atomic E-state index is 15.0. The number of carbonyl (C=O) groups excluding carboxylic acids is 2. The molecule has 7 aromatic carbocycles. The van der Waals surface area contributed by atoms with Gasteiger partial charge in [-0.1, -0.05) is 139 Å². The third kappa shape index (κ3) is 7.94. The van der Waals surface area contributed by atoms with E-state index in [-0.39, 0.29) is 11.6 Å². The second-order valence-corrected chi connectivity index (χ2v) is 17.3. The first-order valence-electron chi connectivity index (χ1n) is 22.7. The van der Waals surface area contributed by atoms with Crippen LogP contribution in [0.15, 0.2) is 211 Å². The van der Waals surface area contributed by atoms with Crippen LogP contribution in [0.25, 0.3) is 28.3 Å². The number of fused-ring (bicyclic) bond motifs is 1. The number of rotatable bonds is 11. The van der Waals surface area contributed by atoms with Crippen molar-refractivity contribution in [1.29, 1.82) is 0 Å². The van der Waals surface area contributed by atoms with E-state index >= 15 is 4.79 Å². The zero-order valence-corrected chi connectivity index (χ0v) is 37.6. The first-order chi connectivity index (χ1) is 32.2. The van der Waals surface area contributed by atoms with Crippen molar-refractivity contribution in [2.24, 2.45) is 0 Å². The van der Waals surface area contributed by atoms with Gasteiger partial charge in [-0.25, -0.2) is 0 Å². The molecule has 0 unspecified atom stereocenters. The van der Waals surface area contributed by atoms with Crippen molar-refractivity contribution in [2.75, 3.05) is 9.80 Å². The third-order valence-corrected chi connectivity index (χ3v) is 12.9. The molecule has 7 aromatic rings. The number of anilines is 5. The molecule has 1 aliphatic heterocycles. The van der Waals surface area contributed by atoms with Gasteiger partial charge in [0, 0.05) is 45.7 Å². The van der Waals surface area contributed by atoms with Crippen LogP contribution in [0.2, 0.25) is 0 Å². The Morgan fingerprint density at radius 3 is 2.00 bits per heavy atom. The molecule has 3 aliphatic rings. The van der Waals surface area contributed by atoms with E-state index in [1.807, 2.05) is 91.9 Å². The predicted molar refractivity (Wildman–Crippen MR) is 271 cm³/mol. The molecule has 0 saturated heterocycles. The van der Waals surface area contributed by atoms with Crippen LogP contribution >= 0.6 is 0 Å². The Hall–Kier alpha value is -8.02. The smallest absolute Gasteiger partial charge is 0.193 e. The van der Waals surface area contributed by atoms with E-state index in [9.17, 15) is 4.79 Å². The lowest BCUT2D eigenvalue weighted by Crippen LogP contribution is -2.24. The normalized spacial score (nSPS) is 14.1. The van der Waals surface area contributed by atoms with E-state index in [1.165, 1.54) is 5.57 Å². The molecule has 2 aliphatic carbocycles. The summed E-state index contributed by atoms with van der Waals surface area (Å²) in [6.45, 7) is 10.4. The van der Waals surface area contributed by atoms with Crippen molar-refractivity contribution >= 4 is 46.1 Å². The average molecular weight is 859 g/mol. The maximum atomic E-state index is 15.0. The van der Waals surface area contributed by atoms with Crippen LogP contribution in [-0.2, 0) is 0 Å². The standard InChI is InChI=1S/C61H50N2O3/c1-5-43-15-7-9-17-55(43)62(54-16-8-6-14-42(54)4)48-34-30-44(31-35-48)50-38-53(61(65)47-28-24-41(3)25-29-47)51(39-52(50)60(64)46-26-22-40(2)23-27-46)45-32-36-49(37-33-45)63-56-18-10-12-20-58(56)66-59-21-13-11-19-57(59)63/h5-12,14-20,22,24-26,28-39H,1,13,21,23,27H2,2-4H3. The first kappa shape index (κ1) is 42.0. The lowest BCUT2D eigenvalue weighted by Gasteiger charge is -2.35. The monoisotopic (exact) mass is 858 g/mol. The minimum atomic E-state index is -0.114. The summed E-state index contributed by atoms with van der Waals surface area (Å²) < 4.78 is 6.39. The Kier molecular flexibility index (Phi) is 11.4. The van der Waals surface area contributed by atoms with Gasteiger partial charge in [-0.05, 0) is 140 Å². The number of allylic oxidation sites excluding steroid dienone is 7. The summed E-state index contributed by atoms with van der Waals surface area (Å²) in [5, 5.41) is 0. The molecule has 1 heterocycles. The van der Waals surface area contributed by atoms with Gasteiger partial charge in [-0.2, -0.15) is 0 Å². The molecule has 66 heavy (non-hydrogen) atoms. The first-order valence-corrected chi connectivity index (χ1v) is 22.7. The molecular weight excluding hydrogens is 809 g/mol. The van der Waals surface area contributed by atoms with E-state index < -0.39 is 0 Å². The molecule has 322 valence electrons. The maximum Gasteiger partial charge on any atom is 0.193 e. The second-order valence-electron chi connectivity index (χ2n) is 17.3. The number of para-hydroxylation sites is 4. The fraction of sp³-hybridized carbons (Fsp3) is 0.115. The number of ether oxygens (including phenoxy) is 1. The fourth-order valence-corrected chi connectivity index (χ4v) is 9.29. The van der Waals surface area contributed by atoms with Gasteiger partial charge in [-0.3, -0.25) is 9.59 Å². The number of aryl methyl sites for hydroxylation is 2. The van der Waals surface area contributed by atoms with E-state index in [2.05, 4.69) is 133 Å². The van der Waals surface area contributed by atoms with Crippen LogP contribution < -0.4 is 14.5 Å². The predicted octanol–water partition coefficient (Wildman–Crippen LogP) is 15.9. The lowest BCUT2D eigenvalue weighted by molar-refractivity contribution is 0.102. The van der Waals surface area contributed by atoms with Gasteiger partial charge in [0.25, 0.3) is 0 Å². The number of benzene rings is 7. The summed E-state index contributed by atoms with van der Waals surface area (Å²) in [5.41, 5.74) is 15.9. The van der Waals surface area contributed by atoms with Gasteiger partial charge in [0.05, 0.1) is 17.1 Å². The fourth-order valence-electron chi connectivity index (χ4n) is 9.29. The SMILES string of the molecule is C=Cc1ccccc1N(c1ccc(-c2cc(C(=O)c3ccc(C)cc3)c(-c3ccc(N4C5=C(CCC=C5)Oc5ccccc54)cc3)cc2C(=O)C2=CC=C(C)CC2)cc1)c1ccccc1C. The average Bonchev–Trinajstić information content (AvgIpc) is 3.36. The van der Waals surface area contributed by atoms with Gasteiger partial charge in [0.2, 0.25) is 0 Å². The van der Waals surface area contributed by atoms with E-state index in [4.69, 9.17) is 4.74 Å². The largest absolute Gasteiger partial charge is 0.457 e. The molecule has 0 fully saturated rings. The summed E-state index contributed by atoms with van der Waals surface area (Å²) in [4.78, 5) is 34.5. The number of hydrogen-bond donors (Lipinski definition) is 0. The second kappa shape index (κ2) is 17.9. The molecule has 5 heteroatoms. The summed E-state index contributed by atoms with van der Waals surface area (Å²) in [7, 11) is 0. The molecule has 0 saturated carbocycles. The number of Topliss-reactive ketones (excluding diaryl/α,β-unsaturated/α-hetero) is 1. The van der Waals surface area contributed by atoms with Crippen molar-refractivity contribution in [2.45, 2.75) is 46.5 Å². The highest BCUT2D eigenvalue weighted by molar-refractivity contribution is 6.18. The molecule has 5 nitrogen and oxygen atoms in total. The van der Waals surface area contributed by atoms with Crippen LogP contribution in [0.3, 0.4) is 0 Å². The Morgan fingerprint density at radius 2 is 1.30 bits per heavy atom. The van der Waals surface area contributed by atoms with Crippen molar-refractivity contribution in [3.63, 3.8) is 0 Å². The third-order valence-electron chi connectivity index (χ3n) is 12.9. The number of nitrogens with zero attached hydrogens (tertiary/aromatic N) is 2. The Labute approximate surface area is 387 Å². The zero-order chi connectivity index (χ0) is 45.3. The van der Waals surface area contributed by atoms with Crippen LogP contribution in [0.1, 0.15) is 75.6 Å². The van der Waals surface area contributed by atoms with Crippen molar-refractivity contribution in [3.8, 4) is 28.0 Å². The van der Waals surface area contributed by atoms with Gasteiger partial charge in [0.15, 0.2) is 17.3 Å². The highest BCUT2D eigenvalue weighted by Crippen LogP contribution is 2.46. The van der Waals surface area contributed by atoms with Crippen LogP contribution in [0.4, 0.5) is 28.4 Å². The van der Waals surface area contributed by atoms with Gasteiger partial charge in [-0.15, -0.1) is 0 Å². The summed E-state index contributed by atoms with van der Waals surface area (Å²) >= 11 is 0. The molecular formula is C61H50N2O3. The summed E-state index contributed by atoms with van der Waals surface area (Å²) in [6.07, 6.45) is 13.4. The topological polar surface area (TPSA) is 49.9 Å². The Balaban J connectivity index is 1.14. The van der Waals surface area contributed by atoms with E-state index in [0.29, 0.717) is 34.2 Å². The number of carbonyl (C=O) groups is 2. The zero-order valence-electron chi connectivity index (χ0n) is 37.6. The molecule has 0 aromatic heterocycles. The van der Waals surface area contributed by atoms with Crippen LogP contribution in [-0.4, -0.2) is 11.6 Å². The van der Waals surface area contributed by atoms with E-state index in [1.54, 1.807) is 0 Å². The van der Waals surface area contributed by atoms with Gasteiger partial charge in [0.1, 0.15) is 5.76 Å². The molecule has 0 amide bonds. The quantitative estimate of drug-likeness (QED) is 0.121. The minimum Gasteiger partial charge on any atom is -0.457 e. The van der Waals surface area contributed by atoms with Crippen molar-refractivity contribution in [1.82, 2.24) is 0 Å². The lowest BCUT2D eigenvalue weighted by atomic mass is 9.83. The Morgan fingerprint density at radius 1 is 0.652 bits per heavy atom. The molecule has 0 bridgehead atoms. The number of hydrogen-bond acceptors (Lipinski definition) is 5. The highest BCUT2D eigenvalue weighted by atomic mass is 16.5. The molecule has 0 atom stereocenters. The molecule has 0 N–H and O–H groups in total. The molecule has 0 radical (unpaired) electrons. The Bertz CT molecular complexity index is 3180. The van der Waals surface area contributed by atoms with Crippen molar-refractivity contribution < 1.29 is 14.3 Å². The minimum absolute atomic E-state index is 0.0417. The highest BCUT2D eigenvalue weighted by Gasteiger charge is 2.29. The van der Waals surface area contributed by atoms with Crippen LogP contribution in [0, 0.1) is 13.8 Å². The molecule has 10 rings (SSSR count). The summed E-state index contributed by atoms with van der Waals surface area (Å²) in [6, 6.07) is 53.0. The van der Waals surface area contributed by atoms with Gasteiger partial charge >= 0.3 is 0 Å². The van der Waals surface area contributed by atoms with E-state index in [0.717, 1.165) is 98.3 Å². The van der Waals surface area contributed by atoms with Gasteiger partial charge < -0.3 is 14.5 Å². The van der Waals surface area contributed by atoms with Crippen molar-refractivity contribution in [3.05, 3.63) is 245 Å². The van der Waals surface area contributed by atoms with Crippen LogP contribution in [0.5, 0.6) is 5.75 Å². The number of ketones is 2. The molecule has 0 spiro atoms.